The van der Waals surface area contributed by atoms with Gasteiger partial charge in [-0.15, -0.1) is 0 Å². The average molecular weight is 269 g/mol. The highest BCUT2D eigenvalue weighted by molar-refractivity contribution is 5.92. The summed E-state index contributed by atoms with van der Waals surface area (Å²) in [4.78, 5) is 35.1. The van der Waals surface area contributed by atoms with Gasteiger partial charge in [-0.25, -0.2) is 4.79 Å². The van der Waals surface area contributed by atoms with E-state index in [9.17, 15) is 14.4 Å². The van der Waals surface area contributed by atoms with E-state index in [4.69, 9.17) is 0 Å². The predicted octanol–water partition coefficient (Wildman–Crippen LogP) is 2.09. The van der Waals surface area contributed by atoms with Crippen molar-refractivity contribution < 1.29 is 19.1 Å². The Morgan fingerprint density at radius 3 is 2.21 bits per heavy atom. The first-order chi connectivity index (χ1) is 8.75. The van der Waals surface area contributed by atoms with Gasteiger partial charge in [0.05, 0.1) is 13.2 Å². The monoisotopic (exact) mass is 269 g/mol. The van der Waals surface area contributed by atoms with E-state index in [0.29, 0.717) is 25.7 Å². The predicted molar refractivity (Wildman–Crippen MR) is 70.8 cm³/mol. The lowest BCUT2D eigenvalue weighted by molar-refractivity contribution is -0.131. The van der Waals surface area contributed by atoms with Gasteiger partial charge in [0.25, 0.3) is 0 Å². The van der Waals surface area contributed by atoms with Gasteiger partial charge in [0.2, 0.25) is 0 Å². The van der Waals surface area contributed by atoms with E-state index in [-0.39, 0.29) is 17.5 Å². The van der Waals surface area contributed by atoms with Gasteiger partial charge in [-0.05, 0) is 18.8 Å². The number of nitrogens with one attached hydrogen (secondary N) is 1. The van der Waals surface area contributed by atoms with E-state index in [2.05, 4.69) is 10.1 Å². The second kappa shape index (κ2) is 6.17. The van der Waals surface area contributed by atoms with E-state index in [1.807, 2.05) is 20.8 Å². The second-order valence-electron chi connectivity index (χ2n) is 6.10. The minimum absolute atomic E-state index is 0.0164. The molecule has 5 heteroatoms. The van der Waals surface area contributed by atoms with Crippen LogP contribution in [0.25, 0.3) is 0 Å². The molecule has 0 aliphatic heterocycles. The summed E-state index contributed by atoms with van der Waals surface area (Å²) < 4.78 is 4.59. The van der Waals surface area contributed by atoms with Crippen LogP contribution in [0.1, 0.15) is 46.5 Å². The van der Waals surface area contributed by atoms with Crippen molar-refractivity contribution in [2.75, 3.05) is 7.11 Å². The molecule has 0 bridgehead atoms. The van der Waals surface area contributed by atoms with E-state index < -0.39 is 17.6 Å². The summed E-state index contributed by atoms with van der Waals surface area (Å²) in [5.41, 5.74) is -0.535. The number of rotatable bonds is 3. The molecular weight excluding hydrogens is 246 g/mol. The molecule has 1 atom stereocenters. The third-order valence-corrected chi connectivity index (χ3v) is 3.54. The summed E-state index contributed by atoms with van der Waals surface area (Å²) in [5, 5.41) is 2.64. The van der Waals surface area contributed by atoms with Crippen LogP contribution in [0.2, 0.25) is 0 Å². The molecule has 0 aromatic rings. The fraction of sp³-hybridized carbons (Fsp3) is 0.786. The Hall–Kier alpha value is -1.39. The maximum Gasteiger partial charge on any atom is 0.407 e. The molecule has 0 saturated heterocycles. The Labute approximate surface area is 114 Å². The van der Waals surface area contributed by atoms with Crippen molar-refractivity contribution in [2.24, 2.45) is 11.3 Å². The van der Waals surface area contributed by atoms with Crippen molar-refractivity contribution in [2.45, 2.75) is 52.5 Å². The minimum Gasteiger partial charge on any atom is -0.453 e. The number of methoxy groups -OCH3 is 1. The van der Waals surface area contributed by atoms with Crippen molar-refractivity contribution in [1.82, 2.24) is 5.32 Å². The molecule has 1 N–H and O–H groups in total. The van der Waals surface area contributed by atoms with Gasteiger partial charge >= 0.3 is 6.09 Å². The second-order valence-corrected chi connectivity index (χ2v) is 6.10. The molecule has 1 aliphatic carbocycles. The highest BCUT2D eigenvalue weighted by Gasteiger charge is 2.37. The third kappa shape index (κ3) is 4.33. The Morgan fingerprint density at radius 2 is 1.79 bits per heavy atom. The van der Waals surface area contributed by atoms with E-state index >= 15 is 0 Å². The van der Waals surface area contributed by atoms with Crippen LogP contribution in [-0.2, 0) is 14.3 Å². The van der Waals surface area contributed by atoms with E-state index in [0.717, 1.165) is 0 Å². The van der Waals surface area contributed by atoms with Crippen molar-refractivity contribution in [1.29, 1.82) is 0 Å². The molecule has 1 unspecified atom stereocenters. The van der Waals surface area contributed by atoms with Crippen LogP contribution in [0.5, 0.6) is 0 Å². The number of amides is 1. The summed E-state index contributed by atoms with van der Waals surface area (Å²) in [5.74, 6) is 0.233. The van der Waals surface area contributed by atoms with Gasteiger partial charge < -0.3 is 10.1 Å². The minimum atomic E-state index is -0.598. The van der Waals surface area contributed by atoms with Gasteiger partial charge in [-0.2, -0.15) is 0 Å². The molecule has 0 aromatic heterocycles. The van der Waals surface area contributed by atoms with Gasteiger partial charge in [0, 0.05) is 18.3 Å². The van der Waals surface area contributed by atoms with E-state index in [1.165, 1.54) is 7.11 Å². The van der Waals surface area contributed by atoms with Gasteiger partial charge in [0.15, 0.2) is 5.78 Å². The molecular formula is C14H23NO4. The van der Waals surface area contributed by atoms with Crippen LogP contribution in [0.15, 0.2) is 0 Å². The lowest BCUT2D eigenvalue weighted by atomic mass is 9.76. The number of carbonyl (C=O) groups excluding carboxylic acids is 3. The first-order valence-corrected chi connectivity index (χ1v) is 6.66. The molecule has 0 aromatic carbocycles. The Kier molecular flexibility index (Phi) is 5.09. The van der Waals surface area contributed by atoms with Crippen LogP contribution < -0.4 is 5.32 Å². The molecule has 1 aliphatic rings. The Balaban J connectivity index is 2.83. The maximum absolute atomic E-state index is 12.4. The van der Waals surface area contributed by atoms with Crippen LogP contribution in [0.3, 0.4) is 0 Å². The molecule has 1 rings (SSSR count). The summed E-state index contributed by atoms with van der Waals surface area (Å²) in [6.45, 7) is 5.49. The topological polar surface area (TPSA) is 72.5 Å². The number of hydrogen-bond donors (Lipinski definition) is 1. The maximum atomic E-state index is 12.4. The first-order valence-electron chi connectivity index (χ1n) is 6.66. The van der Waals surface area contributed by atoms with Crippen molar-refractivity contribution in [3.05, 3.63) is 0 Å². The number of Topliss-reactive ketones (excluding diaryl/α,β-unsaturated/α-hetero) is 2. The van der Waals surface area contributed by atoms with Crippen molar-refractivity contribution >= 4 is 17.7 Å². The number of ether oxygens (including phenoxy) is 1. The quantitative estimate of drug-likeness (QED) is 0.851. The molecule has 1 fully saturated rings. The largest absolute Gasteiger partial charge is 0.453 e. The summed E-state index contributed by atoms with van der Waals surface area (Å²) >= 11 is 0. The summed E-state index contributed by atoms with van der Waals surface area (Å²) in [6, 6.07) is -0.569. The fourth-order valence-electron chi connectivity index (χ4n) is 2.35. The highest BCUT2D eigenvalue weighted by Crippen LogP contribution is 2.29. The highest BCUT2D eigenvalue weighted by atomic mass is 16.5. The number of ketones is 2. The van der Waals surface area contributed by atoms with Gasteiger partial charge in [-0.1, -0.05) is 20.8 Å². The van der Waals surface area contributed by atoms with Crippen LogP contribution in [0.4, 0.5) is 4.79 Å². The molecule has 0 radical (unpaired) electrons. The lowest BCUT2D eigenvalue weighted by Gasteiger charge is -2.33. The molecule has 1 amide bonds. The summed E-state index contributed by atoms with van der Waals surface area (Å²) in [7, 11) is 1.28. The standard InChI is InChI=1S/C14H23NO4/c1-14(2,3)12(17)11(15-13(18)19-4)9-5-7-10(16)8-6-9/h9,11H,5-8H2,1-4H3,(H,15,18). The smallest absolute Gasteiger partial charge is 0.407 e. The number of carbonyl (C=O) groups is 3. The first kappa shape index (κ1) is 15.7. The lowest BCUT2D eigenvalue weighted by Crippen LogP contribution is -2.50. The normalized spacial score (nSPS) is 18.8. The zero-order valence-electron chi connectivity index (χ0n) is 12.1. The molecule has 1 saturated carbocycles. The summed E-state index contributed by atoms with van der Waals surface area (Å²) in [6.07, 6.45) is 1.67. The third-order valence-electron chi connectivity index (χ3n) is 3.54. The molecule has 0 heterocycles. The van der Waals surface area contributed by atoms with Crippen LogP contribution >= 0.6 is 0 Å². The molecule has 0 spiro atoms. The average Bonchev–Trinajstić information content (AvgIpc) is 2.35. The Bertz CT molecular complexity index is 360. The van der Waals surface area contributed by atoms with Gasteiger partial charge in [-0.3, -0.25) is 9.59 Å². The number of hydrogen-bond acceptors (Lipinski definition) is 4. The van der Waals surface area contributed by atoms with Crippen molar-refractivity contribution in [3.8, 4) is 0 Å². The zero-order chi connectivity index (χ0) is 14.6. The molecule has 19 heavy (non-hydrogen) atoms. The fourth-order valence-corrected chi connectivity index (χ4v) is 2.35. The number of alkyl carbamates (subject to hydrolysis) is 1. The molecule has 5 nitrogen and oxygen atoms in total. The van der Waals surface area contributed by atoms with Crippen molar-refractivity contribution in [3.63, 3.8) is 0 Å². The zero-order valence-corrected chi connectivity index (χ0v) is 12.1. The van der Waals surface area contributed by atoms with E-state index in [1.54, 1.807) is 0 Å². The van der Waals surface area contributed by atoms with Crippen LogP contribution in [-0.4, -0.2) is 30.8 Å². The van der Waals surface area contributed by atoms with Gasteiger partial charge in [0.1, 0.15) is 5.78 Å². The SMILES string of the molecule is COC(=O)NC(C(=O)C(C)(C)C)C1CCC(=O)CC1. The van der Waals surface area contributed by atoms with Crippen LogP contribution in [0, 0.1) is 11.3 Å². The Morgan fingerprint density at radius 1 is 1.26 bits per heavy atom. The molecule has 108 valence electrons.